The molecule has 0 bridgehead atoms. The van der Waals surface area contributed by atoms with Gasteiger partial charge in [0.2, 0.25) is 0 Å². The van der Waals surface area contributed by atoms with Gasteiger partial charge in [-0.3, -0.25) is 9.59 Å². The Morgan fingerprint density at radius 1 is 0.649 bits per heavy atom. The zero-order valence-corrected chi connectivity index (χ0v) is 20.7. The van der Waals surface area contributed by atoms with Crippen molar-refractivity contribution >= 4 is 56.4 Å². The van der Waals surface area contributed by atoms with Crippen LogP contribution < -0.4 is 10.6 Å². The molecule has 2 amide bonds. The van der Waals surface area contributed by atoms with Gasteiger partial charge in [-0.05, 0) is 23.3 Å². The van der Waals surface area contributed by atoms with E-state index in [1.165, 1.54) is 12.1 Å². The molecule has 0 unspecified atom stereocenters. The predicted molar refractivity (Wildman–Crippen MR) is 142 cm³/mol. The number of nitrogens with one attached hydrogen (secondary N) is 2. The van der Waals surface area contributed by atoms with E-state index in [0.29, 0.717) is 9.75 Å². The Morgan fingerprint density at radius 2 is 1.03 bits per heavy atom. The van der Waals surface area contributed by atoms with Gasteiger partial charge in [-0.2, -0.15) is 0 Å². The van der Waals surface area contributed by atoms with Gasteiger partial charge in [-0.25, -0.2) is 9.59 Å². The van der Waals surface area contributed by atoms with E-state index >= 15 is 0 Å². The lowest BCUT2D eigenvalue weighted by Crippen LogP contribution is -2.24. The molecule has 2 aromatic carbocycles. The van der Waals surface area contributed by atoms with E-state index in [0.717, 1.165) is 33.8 Å². The van der Waals surface area contributed by atoms with Gasteiger partial charge in [0.1, 0.15) is 23.2 Å². The molecule has 37 heavy (non-hydrogen) atoms. The van der Waals surface area contributed by atoms with Crippen molar-refractivity contribution in [1.29, 1.82) is 0 Å². The molecule has 0 spiro atoms. The average Bonchev–Trinajstić information content (AvgIpc) is 3.50. The number of aromatic carboxylic acids is 2. The molecule has 0 saturated heterocycles. The van der Waals surface area contributed by atoms with Crippen LogP contribution in [0.25, 0.3) is 20.9 Å². The maximum absolute atomic E-state index is 12.3. The summed E-state index contributed by atoms with van der Waals surface area (Å²) in [6, 6.07) is 21.3. The predicted octanol–water partition coefficient (Wildman–Crippen LogP) is 5.13. The summed E-state index contributed by atoms with van der Waals surface area (Å²) >= 11 is 2.23. The Morgan fingerprint density at radius 3 is 1.38 bits per heavy atom. The minimum absolute atomic E-state index is 0.0527. The number of hydrogen-bond donors (Lipinski definition) is 4. The van der Waals surface area contributed by atoms with Crippen molar-refractivity contribution in [2.45, 2.75) is 0 Å². The van der Waals surface area contributed by atoms with Crippen LogP contribution >= 0.6 is 22.7 Å². The second-order valence-electron chi connectivity index (χ2n) is 7.64. The number of amides is 2. The molecule has 4 N–H and O–H groups in total. The van der Waals surface area contributed by atoms with Gasteiger partial charge in [0.05, 0.1) is 11.1 Å². The monoisotopic (exact) mass is 536 g/mol. The Balaban J connectivity index is 1.34. The fourth-order valence-corrected chi connectivity index (χ4v) is 5.48. The van der Waals surface area contributed by atoms with Crippen molar-refractivity contribution in [3.8, 4) is 20.9 Å². The number of rotatable bonds is 10. The van der Waals surface area contributed by atoms with Gasteiger partial charge in [-0.1, -0.05) is 60.7 Å². The fourth-order valence-electron chi connectivity index (χ4n) is 3.34. The molecule has 0 aliphatic carbocycles. The minimum Gasteiger partial charge on any atom is -0.478 e. The highest BCUT2D eigenvalue weighted by molar-refractivity contribution is 7.20. The summed E-state index contributed by atoms with van der Waals surface area (Å²) in [5, 5.41) is 24.3. The molecule has 0 atom stereocenters. The van der Waals surface area contributed by atoms with Crippen LogP contribution in [0.15, 0.2) is 72.8 Å². The third-order valence-corrected chi connectivity index (χ3v) is 7.21. The van der Waals surface area contributed by atoms with Gasteiger partial charge >= 0.3 is 11.9 Å². The SMILES string of the molecule is O=C(COCC(=O)Nc1sc(-c2ccccc2)cc1C(=O)O)Nc1sc(-c2ccccc2)cc1C(=O)O. The first kappa shape index (κ1) is 25.8. The molecule has 188 valence electrons. The molecule has 2 heterocycles. The molecular formula is C26H20N2O7S2. The lowest BCUT2D eigenvalue weighted by atomic mass is 10.1. The van der Waals surface area contributed by atoms with Crippen molar-refractivity contribution in [2.75, 3.05) is 23.8 Å². The third-order valence-electron chi connectivity index (χ3n) is 5.01. The Hall–Kier alpha value is -4.32. The Bertz CT molecular complexity index is 1340. The molecule has 4 rings (SSSR count). The molecule has 0 fully saturated rings. The maximum atomic E-state index is 12.3. The zero-order valence-electron chi connectivity index (χ0n) is 19.1. The Kier molecular flexibility index (Phi) is 8.08. The molecule has 0 saturated carbocycles. The topological polar surface area (TPSA) is 142 Å². The molecule has 0 aliphatic rings. The van der Waals surface area contributed by atoms with E-state index < -0.39 is 37.0 Å². The number of hydrogen-bond acceptors (Lipinski definition) is 7. The molecular weight excluding hydrogens is 516 g/mol. The second-order valence-corrected chi connectivity index (χ2v) is 9.74. The van der Waals surface area contributed by atoms with Crippen LogP contribution in [0.5, 0.6) is 0 Å². The highest BCUT2D eigenvalue weighted by Crippen LogP contribution is 2.36. The molecule has 0 radical (unpaired) electrons. The van der Waals surface area contributed by atoms with E-state index in [1.807, 2.05) is 60.7 Å². The van der Waals surface area contributed by atoms with Crippen molar-refractivity contribution in [3.63, 3.8) is 0 Å². The van der Waals surface area contributed by atoms with Gasteiger partial charge in [0, 0.05) is 9.75 Å². The van der Waals surface area contributed by atoms with Crippen LogP contribution in [0.1, 0.15) is 20.7 Å². The van der Waals surface area contributed by atoms with Crippen LogP contribution in [0.3, 0.4) is 0 Å². The van der Waals surface area contributed by atoms with E-state index in [4.69, 9.17) is 4.74 Å². The van der Waals surface area contributed by atoms with Gasteiger partial charge < -0.3 is 25.6 Å². The number of carbonyl (C=O) groups is 4. The zero-order chi connectivity index (χ0) is 26.4. The summed E-state index contributed by atoms with van der Waals surface area (Å²) in [6.45, 7) is -1.01. The first-order valence-corrected chi connectivity index (χ1v) is 12.5. The quantitative estimate of drug-likeness (QED) is 0.220. The molecule has 4 aromatic rings. The average molecular weight is 537 g/mol. The van der Waals surface area contributed by atoms with Crippen LogP contribution in [0.4, 0.5) is 10.0 Å². The number of carboxylic acids is 2. The van der Waals surface area contributed by atoms with E-state index in [2.05, 4.69) is 10.6 Å². The van der Waals surface area contributed by atoms with Crippen molar-refractivity contribution in [1.82, 2.24) is 0 Å². The molecule has 0 aliphatic heterocycles. The highest BCUT2D eigenvalue weighted by atomic mass is 32.1. The molecule has 9 nitrogen and oxygen atoms in total. The second kappa shape index (κ2) is 11.6. The van der Waals surface area contributed by atoms with Crippen LogP contribution in [0, 0.1) is 0 Å². The van der Waals surface area contributed by atoms with Crippen LogP contribution in [0.2, 0.25) is 0 Å². The van der Waals surface area contributed by atoms with Crippen molar-refractivity contribution in [2.24, 2.45) is 0 Å². The summed E-state index contributed by atoms with van der Waals surface area (Å²) < 4.78 is 5.18. The highest BCUT2D eigenvalue weighted by Gasteiger charge is 2.20. The molecule has 11 heteroatoms. The maximum Gasteiger partial charge on any atom is 0.338 e. The Labute approximate surface area is 219 Å². The summed E-state index contributed by atoms with van der Waals surface area (Å²) in [4.78, 5) is 49.3. The van der Waals surface area contributed by atoms with Gasteiger partial charge in [0.25, 0.3) is 11.8 Å². The number of anilines is 2. The normalized spacial score (nSPS) is 10.6. The number of ether oxygens (including phenoxy) is 1. The van der Waals surface area contributed by atoms with Crippen molar-refractivity contribution < 1.29 is 34.1 Å². The first-order chi connectivity index (χ1) is 17.8. The number of carbonyl (C=O) groups excluding carboxylic acids is 2. The van der Waals surface area contributed by atoms with Gasteiger partial charge in [0.15, 0.2) is 0 Å². The summed E-state index contributed by atoms with van der Waals surface area (Å²) in [5.41, 5.74) is 1.52. The van der Waals surface area contributed by atoms with Crippen LogP contribution in [-0.2, 0) is 14.3 Å². The molecule has 2 aromatic heterocycles. The van der Waals surface area contributed by atoms with Gasteiger partial charge in [-0.15, -0.1) is 22.7 Å². The third kappa shape index (κ3) is 6.47. The van der Waals surface area contributed by atoms with E-state index in [9.17, 15) is 29.4 Å². The number of thiophene rings is 2. The van der Waals surface area contributed by atoms with Crippen LogP contribution in [-0.4, -0.2) is 47.2 Å². The largest absolute Gasteiger partial charge is 0.478 e. The standard InChI is InChI=1S/C26H20N2O7S2/c29-21(27-23-17(25(31)32)11-19(36-23)15-7-3-1-4-8-15)13-35-14-22(30)28-24-18(26(33)34)12-20(37-24)16-9-5-2-6-10-16/h1-12H,13-14H2,(H,27,29)(H,28,30)(H,31,32)(H,33,34). The van der Waals surface area contributed by atoms with E-state index in [-0.39, 0.29) is 21.1 Å². The summed E-state index contributed by atoms with van der Waals surface area (Å²) in [6.07, 6.45) is 0. The summed E-state index contributed by atoms with van der Waals surface area (Å²) in [5.74, 6) is -3.64. The minimum atomic E-state index is -1.19. The first-order valence-electron chi connectivity index (χ1n) is 10.8. The lowest BCUT2D eigenvalue weighted by Gasteiger charge is -2.07. The lowest BCUT2D eigenvalue weighted by molar-refractivity contribution is -0.125. The van der Waals surface area contributed by atoms with Crippen molar-refractivity contribution in [3.05, 3.63) is 83.9 Å². The fraction of sp³-hybridized carbons (Fsp3) is 0.0769. The number of benzene rings is 2. The number of carboxylic acid groups (broad SMARTS) is 2. The smallest absolute Gasteiger partial charge is 0.338 e. The summed E-state index contributed by atoms with van der Waals surface area (Å²) in [7, 11) is 0. The van der Waals surface area contributed by atoms with E-state index in [1.54, 1.807) is 0 Å².